The van der Waals surface area contributed by atoms with Crippen molar-refractivity contribution in [3.8, 4) is 0 Å². The van der Waals surface area contributed by atoms with E-state index in [0.29, 0.717) is 19.6 Å². The molecule has 0 bridgehead atoms. The molecule has 3 amide bonds. The molecule has 0 fully saturated rings. The van der Waals surface area contributed by atoms with Gasteiger partial charge in [-0.1, -0.05) is 95.6 Å². The third-order valence-corrected chi connectivity index (χ3v) is 8.92. The Kier molecular flexibility index (Phi) is 26.6. The van der Waals surface area contributed by atoms with Gasteiger partial charge in [0, 0.05) is 32.4 Å². The predicted molar refractivity (Wildman–Crippen MR) is 181 cm³/mol. The molecule has 1 rings (SSSR count). The maximum Gasteiger partial charge on any atom is 0.245 e. The molecule has 0 saturated heterocycles. The van der Waals surface area contributed by atoms with E-state index in [1.165, 1.54) is 51.4 Å². The summed E-state index contributed by atoms with van der Waals surface area (Å²) in [4.78, 5) is 35.6. The van der Waals surface area contributed by atoms with Crippen LogP contribution in [0.25, 0.3) is 0 Å². The molecule has 4 N–H and O–H groups in total. The van der Waals surface area contributed by atoms with Crippen LogP contribution in [0, 0.1) is 0 Å². The lowest BCUT2D eigenvalue weighted by Gasteiger charge is -2.09. The summed E-state index contributed by atoms with van der Waals surface area (Å²) >= 11 is 0. The van der Waals surface area contributed by atoms with Gasteiger partial charge in [0.05, 0.1) is 25.6 Å². The van der Waals surface area contributed by atoms with E-state index in [9.17, 15) is 22.8 Å². The standard InChI is InChI=1S/C32H61N7O7S/c1-2-3-17-22-33-32(42)28-46-26-25-45-24-23-34-30(40)21-18-27-47(43,44)37-31(41)20-16-14-12-10-8-6-4-5-7-9-11-13-15-19-29-35-38-39-36-29/h2-28H2,1H3,(H,33,42)(H,34,40)(H,37,41)(H,35,36,38,39). The third kappa shape index (κ3) is 28.1. The van der Waals surface area contributed by atoms with Crippen LogP contribution < -0.4 is 15.4 Å². The quantitative estimate of drug-likeness (QED) is 0.0788. The lowest BCUT2D eigenvalue weighted by atomic mass is 10.0. The maximum atomic E-state index is 12.2. The first-order chi connectivity index (χ1) is 22.8. The Morgan fingerprint density at radius 3 is 1.89 bits per heavy atom. The van der Waals surface area contributed by atoms with Crippen LogP contribution in [-0.2, 0) is 40.3 Å². The normalized spacial score (nSPS) is 11.4. The summed E-state index contributed by atoms with van der Waals surface area (Å²) < 4.78 is 37.1. The van der Waals surface area contributed by atoms with E-state index < -0.39 is 15.9 Å². The summed E-state index contributed by atoms with van der Waals surface area (Å²) in [6.45, 7) is 3.88. The van der Waals surface area contributed by atoms with Crippen LogP contribution in [-0.4, -0.2) is 92.0 Å². The number of hydrogen-bond acceptors (Lipinski definition) is 10. The van der Waals surface area contributed by atoms with Crippen LogP contribution in [0.4, 0.5) is 0 Å². The molecule has 1 aromatic rings. The first-order valence-corrected chi connectivity index (χ1v) is 19.4. The molecule has 15 heteroatoms. The lowest BCUT2D eigenvalue weighted by Crippen LogP contribution is -2.33. The third-order valence-electron chi connectivity index (χ3n) is 7.56. The number of ether oxygens (including phenoxy) is 2. The molecular weight excluding hydrogens is 626 g/mol. The van der Waals surface area contributed by atoms with Gasteiger partial charge in [0.15, 0.2) is 5.82 Å². The number of rotatable bonds is 33. The van der Waals surface area contributed by atoms with Crippen molar-refractivity contribution in [2.45, 2.75) is 135 Å². The zero-order chi connectivity index (χ0) is 34.3. The number of amides is 3. The number of carbonyl (C=O) groups is 3. The number of aromatic nitrogens is 4. The zero-order valence-corrected chi connectivity index (χ0v) is 29.5. The predicted octanol–water partition coefficient (Wildman–Crippen LogP) is 3.89. The van der Waals surface area contributed by atoms with Crippen molar-refractivity contribution in [3.63, 3.8) is 0 Å². The van der Waals surface area contributed by atoms with E-state index in [2.05, 4.69) is 42.9 Å². The number of unbranched alkanes of at least 4 members (excludes halogenated alkanes) is 14. The highest BCUT2D eigenvalue weighted by atomic mass is 32.2. The monoisotopic (exact) mass is 687 g/mol. The molecule has 0 aromatic carbocycles. The average Bonchev–Trinajstić information content (AvgIpc) is 3.56. The first-order valence-electron chi connectivity index (χ1n) is 17.8. The van der Waals surface area contributed by atoms with Crippen LogP contribution in [0.2, 0.25) is 0 Å². The molecule has 272 valence electrons. The van der Waals surface area contributed by atoms with Crippen LogP contribution in [0.3, 0.4) is 0 Å². The minimum absolute atomic E-state index is 0.00978. The van der Waals surface area contributed by atoms with E-state index in [4.69, 9.17) is 9.47 Å². The number of H-pyrrole nitrogens is 1. The van der Waals surface area contributed by atoms with Crippen molar-refractivity contribution in [3.05, 3.63) is 5.82 Å². The highest BCUT2D eigenvalue weighted by Crippen LogP contribution is 2.13. The van der Waals surface area contributed by atoms with Gasteiger partial charge in [0.25, 0.3) is 0 Å². The van der Waals surface area contributed by atoms with Gasteiger partial charge < -0.3 is 20.1 Å². The largest absolute Gasteiger partial charge is 0.377 e. The molecular formula is C32H61N7O7S. The zero-order valence-electron chi connectivity index (χ0n) is 28.7. The van der Waals surface area contributed by atoms with Crippen LogP contribution in [0.15, 0.2) is 0 Å². The topological polar surface area (TPSA) is 194 Å². The fourth-order valence-electron chi connectivity index (χ4n) is 4.89. The molecule has 0 spiro atoms. The Balaban J connectivity index is 1.86. The van der Waals surface area contributed by atoms with Gasteiger partial charge in [-0.25, -0.2) is 8.42 Å². The molecule has 0 aliphatic heterocycles. The van der Waals surface area contributed by atoms with E-state index in [1.807, 2.05) is 0 Å². The van der Waals surface area contributed by atoms with Crippen molar-refractivity contribution in [1.29, 1.82) is 0 Å². The maximum absolute atomic E-state index is 12.2. The number of aromatic amines is 1. The Bertz CT molecular complexity index is 1030. The summed E-state index contributed by atoms with van der Waals surface area (Å²) in [5.41, 5.74) is 0. The van der Waals surface area contributed by atoms with Gasteiger partial charge in [-0.2, -0.15) is 5.21 Å². The summed E-state index contributed by atoms with van der Waals surface area (Å²) in [7, 11) is -3.76. The fraction of sp³-hybridized carbons (Fsp3) is 0.875. The molecule has 0 atom stereocenters. The Hall–Kier alpha value is -2.65. The van der Waals surface area contributed by atoms with E-state index >= 15 is 0 Å². The number of hydrogen-bond donors (Lipinski definition) is 4. The van der Waals surface area contributed by atoms with Crippen molar-refractivity contribution >= 4 is 27.7 Å². The fourth-order valence-corrected chi connectivity index (χ4v) is 5.96. The van der Waals surface area contributed by atoms with Gasteiger partial charge >= 0.3 is 0 Å². The molecule has 1 aromatic heterocycles. The second-order valence-electron chi connectivity index (χ2n) is 11.9. The molecule has 0 radical (unpaired) electrons. The summed E-state index contributed by atoms with van der Waals surface area (Å²) in [6, 6.07) is 0. The number of aryl methyl sites for hydroxylation is 1. The van der Waals surface area contributed by atoms with Crippen molar-refractivity contribution in [1.82, 2.24) is 36.0 Å². The van der Waals surface area contributed by atoms with Gasteiger partial charge in [-0.05, 0) is 25.7 Å². The molecule has 1 heterocycles. The van der Waals surface area contributed by atoms with E-state index in [-0.39, 0.29) is 63.2 Å². The highest BCUT2D eigenvalue weighted by molar-refractivity contribution is 7.90. The SMILES string of the molecule is CCCCCNC(=O)COCCOCCNC(=O)CCCS(=O)(=O)NC(=O)CCCCCCCCCCCCCCCc1nn[nH]n1. The molecule has 0 saturated carbocycles. The second-order valence-corrected chi connectivity index (χ2v) is 13.8. The minimum Gasteiger partial charge on any atom is -0.377 e. The van der Waals surface area contributed by atoms with Crippen molar-refractivity contribution in [2.75, 3.05) is 45.3 Å². The summed E-state index contributed by atoms with van der Waals surface area (Å²) in [5.74, 6) is -0.407. The van der Waals surface area contributed by atoms with E-state index in [1.54, 1.807) is 0 Å². The van der Waals surface area contributed by atoms with Crippen molar-refractivity contribution < 1.29 is 32.3 Å². The smallest absolute Gasteiger partial charge is 0.245 e. The average molecular weight is 688 g/mol. The molecule has 0 aliphatic carbocycles. The second kappa shape index (κ2) is 29.5. The van der Waals surface area contributed by atoms with Crippen LogP contribution >= 0.6 is 0 Å². The van der Waals surface area contributed by atoms with Crippen LogP contribution in [0.5, 0.6) is 0 Å². The summed E-state index contributed by atoms with van der Waals surface area (Å²) in [6.07, 6.45) is 19.2. The summed E-state index contributed by atoms with van der Waals surface area (Å²) in [5, 5.41) is 19.4. The van der Waals surface area contributed by atoms with Gasteiger partial charge in [0.1, 0.15) is 6.61 Å². The number of nitrogens with zero attached hydrogens (tertiary/aromatic N) is 3. The first kappa shape index (κ1) is 42.4. The molecule has 14 nitrogen and oxygen atoms in total. The molecule has 47 heavy (non-hydrogen) atoms. The molecule has 0 unspecified atom stereocenters. The lowest BCUT2D eigenvalue weighted by molar-refractivity contribution is -0.126. The Morgan fingerprint density at radius 1 is 0.660 bits per heavy atom. The van der Waals surface area contributed by atoms with Gasteiger partial charge in [-0.15, -0.1) is 10.2 Å². The Morgan fingerprint density at radius 2 is 1.26 bits per heavy atom. The molecule has 0 aliphatic rings. The van der Waals surface area contributed by atoms with Crippen LogP contribution in [0.1, 0.15) is 135 Å². The number of sulfonamides is 1. The van der Waals surface area contributed by atoms with Crippen molar-refractivity contribution in [2.24, 2.45) is 0 Å². The number of nitrogens with one attached hydrogen (secondary N) is 4. The Labute approximate surface area is 282 Å². The number of carbonyl (C=O) groups excluding carboxylic acids is 3. The minimum atomic E-state index is -3.76. The van der Waals surface area contributed by atoms with E-state index in [0.717, 1.165) is 57.2 Å². The van der Waals surface area contributed by atoms with Gasteiger partial charge in [0.2, 0.25) is 27.7 Å². The highest BCUT2D eigenvalue weighted by Gasteiger charge is 2.15. The number of tetrazole rings is 1. The van der Waals surface area contributed by atoms with Gasteiger partial charge in [-0.3, -0.25) is 19.1 Å².